The summed E-state index contributed by atoms with van der Waals surface area (Å²) >= 11 is 0. The fraction of sp³-hybridized carbons (Fsp3) is 1.00. The summed E-state index contributed by atoms with van der Waals surface area (Å²) in [7, 11) is -14.1. The highest BCUT2D eigenvalue weighted by atomic mass is 28.5. The zero-order chi connectivity index (χ0) is 22.0. The van der Waals surface area contributed by atoms with Crippen molar-refractivity contribution in [3.05, 3.63) is 0 Å². The van der Waals surface area contributed by atoms with E-state index in [2.05, 4.69) is 52.4 Å². The van der Waals surface area contributed by atoms with Gasteiger partial charge in [0.2, 0.25) is 0 Å². The molecule has 168 valence electrons. The molecule has 0 N–H and O–H groups in total. The molecule has 2 heterocycles. The lowest BCUT2D eigenvalue weighted by atomic mass is 11.9. The van der Waals surface area contributed by atoms with Gasteiger partial charge in [0.05, 0.1) is 0 Å². The van der Waals surface area contributed by atoms with Gasteiger partial charge >= 0.3 is 34.2 Å². The molecule has 0 saturated carbocycles. The Balaban J connectivity index is 0.000000292. The summed E-state index contributed by atoms with van der Waals surface area (Å²) in [6.07, 6.45) is 0. The molecule has 8 nitrogen and oxygen atoms in total. The first-order chi connectivity index (χ1) is 12.4. The van der Waals surface area contributed by atoms with E-state index >= 15 is 0 Å². The molecule has 0 aromatic rings. The molecular weight excluding hydrogens is 497 g/mol. The smallest absolute Gasteiger partial charge is 0.314 e. The van der Waals surface area contributed by atoms with E-state index in [0.717, 1.165) is 0 Å². The van der Waals surface area contributed by atoms with Gasteiger partial charge in [0.15, 0.2) is 0 Å². The average molecular weight is 537 g/mol. The third-order valence-electron chi connectivity index (χ3n) is 3.50. The van der Waals surface area contributed by atoms with Crippen LogP contribution in [0, 0.1) is 0 Å². The maximum absolute atomic E-state index is 6.16. The zero-order valence-electron chi connectivity index (χ0n) is 19.6. The second kappa shape index (κ2) is 10.4. The Hall–Kier alpha value is 1.42. The molecule has 2 rings (SSSR count). The van der Waals surface area contributed by atoms with Crippen LogP contribution in [0.3, 0.4) is 0 Å². The first-order valence-corrected chi connectivity index (χ1v) is 29.5. The van der Waals surface area contributed by atoms with Gasteiger partial charge in [0.25, 0.3) is 37.1 Å². The lowest BCUT2D eigenvalue weighted by molar-refractivity contribution is 0.238. The zero-order valence-corrected chi connectivity index (χ0v) is 28.2. The maximum atomic E-state index is 6.16. The summed E-state index contributed by atoms with van der Waals surface area (Å²) in [5.74, 6) is 0. The molecule has 2 saturated heterocycles. The van der Waals surface area contributed by atoms with E-state index in [1.54, 1.807) is 0 Å². The van der Waals surface area contributed by atoms with Crippen molar-refractivity contribution in [2.75, 3.05) is 0 Å². The van der Waals surface area contributed by atoms with Crippen LogP contribution in [0.25, 0.3) is 0 Å². The van der Waals surface area contributed by atoms with Gasteiger partial charge in [-0.15, -0.1) is 0 Å². The van der Waals surface area contributed by atoms with Crippen LogP contribution in [-0.4, -0.2) is 71.4 Å². The molecule has 0 spiro atoms. The Morgan fingerprint density at radius 2 is 0.500 bits per heavy atom. The van der Waals surface area contributed by atoms with Gasteiger partial charge in [0.1, 0.15) is 0 Å². The van der Waals surface area contributed by atoms with Crippen LogP contribution < -0.4 is 0 Å². The minimum Gasteiger partial charge on any atom is -0.420 e. The second-order valence-corrected chi connectivity index (χ2v) is 32.2. The predicted molar refractivity (Wildman–Crippen MR) is 131 cm³/mol. The van der Waals surface area contributed by atoms with E-state index in [0.29, 0.717) is 0 Å². The first kappa shape index (κ1) is 27.4. The summed E-state index contributed by atoms with van der Waals surface area (Å²) in [5, 5.41) is 0. The lowest BCUT2D eigenvalue weighted by Gasteiger charge is -2.46. The second-order valence-electron chi connectivity index (χ2n) is 8.82. The SMILES string of the molecule is C[SiH]1O[SiH](C)O[SiH](C)O[SiH](C)O1.C[Si]1(C)O[Si](C)(C)O[Si](C)(C)O[Si](C)(C)O1. The topological polar surface area (TPSA) is 73.8 Å². The van der Waals surface area contributed by atoms with Gasteiger partial charge in [-0.2, -0.15) is 0 Å². The molecule has 0 atom stereocenters. The summed E-state index contributed by atoms with van der Waals surface area (Å²) in [6.45, 7) is 24.7. The van der Waals surface area contributed by atoms with E-state index < -0.39 is 71.4 Å². The third kappa shape index (κ3) is 11.2. The highest BCUT2D eigenvalue weighted by Crippen LogP contribution is 2.30. The van der Waals surface area contributed by atoms with Crippen molar-refractivity contribution in [2.24, 2.45) is 0 Å². The highest BCUT2D eigenvalue weighted by molar-refractivity contribution is 6.92. The number of rotatable bonds is 0. The predicted octanol–water partition coefficient (Wildman–Crippen LogP) is 2.34. The van der Waals surface area contributed by atoms with Crippen LogP contribution in [-0.2, 0) is 32.9 Å². The van der Waals surface area contributed by atoms with Crippen LogP contribution in [0.15, 0.2) is 0 Å². The Morgan fingerprint density at radius 1 is 0.357 bits per heavy atom. The van der Waals surface area contributed by atoms with Crippen molar-refractivity contribution in [3.63, 3.8) is 0 Å². The fourth-order valence-corrected chi connectivity index (χ4v) is 36.7. The van der Waals surface area contributed by atoms with Crippen LogP contribution in [0.1, 0.15) is 0 Å². The molecule has 0 bridgehead atoms. The molecule has 0 amide bonds. The van der Waals surface area contributed by atoms with Gasteiger partial charge in [-0.05, 0) is 78.6 Å². The molecule has 0 unspecified atom stereocenters. The van der Waals surface area contributed by atoms with Crippen molar-refractivity contribution in [1.82, 2.24) is 0 Å². The standard InChI is InChI=1S/C8H24O4Si4.C4H16O4Si4/c1-13(2)9-14(3,4)11-16(7,8)12-15(5,6)10-13;1-9-5-10(2)7-12(4)8-11(3)6-9/h1-8H3;9-12H,1-4H3. The Morgan fingerprint density at radius 3 is 0.643 bits per heavy atom. The Kier molecular flexibility index (Phi) is 10.2. The van der Waals surface area contributed by atoms with E-state index in [1.807, 2.05) is 26.2 Å². The normalized spacial score (nSPS) is 37.3. The van der Waals surface area contributed by atoms with E-state index in [9.17, 15) is 0 Å². The lowest BCUT2D eigenvalue weighted by Crippen LogP contribution is -2.64. The molecule has 28 heavy (non-hydrogen) atoms. The monoisotopic (exact) mass is 536 g/mol. The molecule has 2 aliphatic heterocycles. The third-order valence-corrected chi connectivity index (χ3v) is 31.5. The van der Waals surface area contributed by atoms with Crippen LogP contribution >= 0.6 is 0 Å². The number of hydrogen-bond acceptors (Lipinski definition) is 8. The molecular formula is C12H40O8Si8. The van der Waals surface area contributed by atoms with Gasteiger partial charge in [-0.1, -0.05) is 0 Å². The average Bonchev–Trinajstić information content (AvgIpc) is 2.27. The molecule has 0 aromatic carbocycles. The molecule has 16 heteroatoms. The molecule has 0 aliphatic carbocycles. The van der Waals surface area contributed by atoms with Crippen molar-refractivity contribution < 1.29 is 32.9 Å². The summed E-state index contributed by atoms with van der Waals surface area (Å²) in [5.41, 5.74) is 0. The van der Waals surface area contributed by atoms with E-state index in [1.165, 1.54) is 0 Å². The summed E-state index contributed by atoms with van der Waals surface area (Å²) in [4.78, 5) is 0. The number of hydrogen-bond donors (Lipinski definition) is 0. The molecule has 2 fully saturated rings. The van der Waals surface area contributed by atoms with Crippen molar-refractivity contribution in [3.8, 4) is 0 Å². The van der Waals surface area contributed by atoms with Crippen LogP contribution in [0.4, 0.5) is 0 Å². The highest BCUT2D eigenvalue weighted by Gasteiger charge is 2.50. The molecule has 0 radical (unpaired) electrons. The minimum absolute atomic E-state index is 1.42. The van der Waals surface area contributed by atoms with Gasteiger partial charge in [0, 0.05) is 0 Å². The largest absolute Gasteiger partial charge is 0.420 e. The van der Waals surface area contributed by atoms with Crippen LogP contribution in [0.5, 0.6) is 0 Å². The van der Waals surface area contributed by atoms with E-state index in [4.69, 9.17) is 32.9 Å². The van der Waals surface area contributed by atoms with Gasteiger partial charge in [-0.25, -0.2) is 0 Å². The van der Waals surface area contributed by atoms with Crippen molar-refractivity contribution in [2.45, 2.75) is 78.6 Å². The van der Waals surface area contributed by atoms with Gasteiger partial charge < -0.3 is 32.9 Å². The summed E-state index contributed by atoms with van der Waals surface area (Å²) < 4.78 is 47.3. The maximum Gasteiger partial charge on any atom is 0.314 e. The molecule has 0 aromatic heterocycles. The Labute approximate surface area is 182 Å². The van der Waals surface area contributed by atoms with E-state index in [-0.39, 0.29) is 0 Å². The summed E-state index contributed by atoms with van der Waals surface area (Å²) in [6, 6.07) is 0. The fourth-order valence-electron chi connectivity index (χ4n) is 3.66. The van der Waals surface area contributed by atoms with Crippen LogP contribution in [0.2, 0.25) is 78.6 Å². The molecule has 2 aliphatic rings. The quantitative estimate of drug-likeness (QED) is 0.437. The Bertz CT molecular complexity index is 396. The van der Waals surface area contributed by atoms with Crippen molar-refractivity contribution >= 4 is 71.4 Å². The van der Waals surface area contributed by atoms with Crippen molar-refractivity contribution in [1.29, 1.82) is 0 Å². The minimum atomic E-state index is -2.11. The van der Waals surface area contributed by atoms with Gasteiger partial charge in [-0.3, -0.25) is 0 Å². The first-order valence-electron chi connectivity index (χ1n) is 9.83.